The van der Waals surface area contributed by atoms with Crippen molar-refractivity contribution >= 4 is 49.2 Å². The molecule has 1 unspecified atom stereocenters. The average molecular weight is 926 g/mol. The van der Waals surface area contributed by atoms with E-state index in [1.807, 2.05) is 74.5 Å². The Balaban J connectivity index is 1.30. The molecule has 11 nitrogen and oxygen atoms in total. The molecule has 8 rings (SSSR count). The first-order chi connectivity index (χ1) is 29.5. The molecule has 0 spiro atoms. The minimum atomic E-state index is -2.41. The number of rotatable bonds is 12. The van der Waals surface area contributed by atoms with Crippen molar-refractivity contribution < 1.29 is 42.4 Å². The number of alkyl halides is 3. The van der Waals surface area contributed by atoms with Gasteiger partial charge in [0.05, 0.1) is 44.5 Å². The molecule has 4 aliphatic heterocycles. The fraction of sp³-hybridized carbons (Fsp3) is 0.468. The maximum atomic E-state index is 14.7. The predicted octanol–water partition coefficient (Wildman–Crippen LogP) is 10.8. The minimum Gasteiger partial charge on any atom is -0.493 e. The van der Waals surface area contributed by atoms with Crippen LogP contribution in [0.1, 0.15) is 71.8 Å². The van der Waals surface area contributed by atoms with E-state index >= 15 is 0 Å². The van der Waals surface area contributed by atoms with Crippen LogP contribution in [-0.4, -0.2) is 80.0 Å². The van der Waals surface area contributed by atoms with Crippen LogP contribution in [0.3, 0.4) is 0 Å². The number of methoxy groups -OCH3 is 1. The van der Waals surface area contributed by atoms with Gasteiger partial charge in [0.15, 0.2) is 31.3 Å². The zero-order valence-electron chi connectivity index (χ0n) is 36.5. The molecule has 2 saturated heterocycles. The second kappa shape index (κ2) is 17.6. The first-order valence-corrected chi connectivity index (χ1v) is 25.0. The van der Waals surface area contributed by atoms with Crippen molar-refractivity contribution in [3.63, 3.8) is 0 Å². The summed E-state index contributed by atoms with van der Waals surface area (Å²) >= 11 is 18.6. The molecule has 4 aliphatic rings. The summed E-state index contributed by atoms with van der Waals surface area (Å²) in [6.07, 6.45) is -0.817. The highest BCUT2D eigenvalue weighted by atomic mass is 35.6. The molecular weight excluding hydrogens is 871 g/mol. The lowest BCUT2D eigenvalue weighted by atomic mass is 9.78. The molecule has 0 N–H and O–H groups in total. The summed E-state index contributed by atoms with van der Waals surface area (Å²) in [5.74, 6) is 3.09. The Labute approximate surface area is 380 Å². The summed E-state index contributed by atoms with van der Waals surface area (Å²) in [6.45, 7) is 15.9. The Morgan fingerprint density at radius 2 is 1.53 bits per heavy atom. The second-order valence-electron chi connectivity index (χ2n) is 17.9. The standard InChI is InChI=1S/C47H55Cl3N2O9Si/c1-28-19-32-20-34-44-51(35(24-57-44)33-21-37(29(2)41-42(33)60-27-59-41)55-22-30-15-11-9-12-16-30)36(25-61-62(7,8)46(3,4)5)39(52(34)45(53)58-26-47(48,49)50)38(32)43(40(28)54-6)56-23-31-17-13-10-14-18-31/h9-19,21,34-36,39,44H,20,22-27H2,1-8H3/t34-,35-,36-,39+,44?/m0/s1. The van der Waals surface area contributed by atoms with Gasteiger partial charge in [0.2, 0.25) is 10.6 Å². The van der Waals surface area contributed by atoms with Gasteiger partial charge in [-0.2, -0.15) is 0 Å². The third-order valence-corrected chi connectivity index (χ3v) is 17.8. The lowest BCUT2D eigenvalue weighted by Gasteiger charge is -2.57. The van der Waals surface area contributed by atoms with Crippen LogP contribution in [0.4, 0.5) is 4.79 Å². The molecule has 15 heteroatoms. The fourth-order valence-electron chi connectivity index (χ4n) is 8.92. The topological polar surface area (TPSA) is 97.4 Å². The van der Waals surface area contributed by atoms with Crippen LogP contribution in [0.25, 0.3) is 0 Å². The van der Waals surface area contributed by atoms with E-state index in [0.29, 0.717) is 41.8 Å². The van der Waals surface area contributed by atoms with Gasteiger partial charge in [0.1, 0.15) is 31.8 Å². The largest absolute Gasteiger partial charge is 0.493 e. The normalized spacial score (nSPS) is 21.9. The molecule has 5 atom stereocenters. The predicted molar refractivity (Wildman–Crippen MR) is 242 cm³/mol. The maximum absolute atomic E-state index is 14.7. The Morgan fingerprint density at radius 1 is 0.887 bits per heavy atom. The quantitative estimate of drug-likeness (QED) is 0.101. The molecule has 2 fully saturated rings. The SMILES string of the molecule is COc1c(C)cc2c(c1OCc1ccccc1)[C@H]1[C@H](CO[Si](C)(C)C(C)(C)C)N3C(OC[C@H]3c3cc(OCc4ccccc4)c(C)c4c3OCO4)[C@H](C2)N1C(=O)OCC(Cl)(Cl)Cl. The van der Waals surface area contributed by atoms with Crippen LogP contribution >= 0.6 is 34.8 Å². The molecule has 332 valence electrons. The Hall–Kier alpha value is -3.88. The molecule has 0 radical (unpaired) electrons. The zero-order valence-corrected chi connectivity index (χ0v) is 39.7. The van der Waals surface area contributed by atoms with E-state index in [9.17, 15) is 4.79 Å². The van der Waals surface area contributed by atoms with Gasteiger partial charge in [0, 0.05) is 16.7 Å². The average Bonchev–Trinajstić information content (AvgIpc) is 3.91. The number of benzene rings is 4. The van der Waals surface area contributed by atoms with Crippen LogP contribution < -0.4 is 23.7 Å². The summed E-state index contributed by atoms with van der Waals surface area (Å²) in [5, 5.41) is -0.115. The van der Waals surface area contributed by atoms with Crippen LogP contribution in [0.15, 0.2) is 72.8 Å². The number of aryl methyl sites for hydroxylation is 1. The van der Waals surface area contributed by atoms with E-state index in [0.717, 1.165) is 38.9 Å². The lowest BCUT2D eigenvalue weighted by Crippen LogP contribution is -2.68. The maximum Gasteiger partial charge on any atom is 0.410 e. The Kier molecular flexibility index (Phi) is 12.7. The first kappa shape index (κ1) is 44.7. The van der Waals surface area contributed by atoms with Crippen molar-refractivity contribution in [2.45, 2.75) is 107 Å². The summed E-state index contributed by atoms with van der Waals surface area (Å²) in [4.78, 5) is 18.9. The van der Waals surface area contributed by atoms with Crippen LogP contribution in [0.5, 0.6) is 28.7 Å². The van der Waals surface area contributed by atoms with Crippen molar-refractivity contribution in [1.29, 1.82) is 0 Å². The van der Waals surface area contributed by atoms with E-state index in [2.05, 4.69) is 50.9 Å². The number of amides is 1. The van der Waals surface area contributed by atoms with E-state index in [-0.39, 0.29) is 37.7 Å². The van der Waals surface area contributed by atoms with E-state index in [1.165, 1.54) is 0 Å². The van der Waals surface area contributed by atoms with Gasteiger partial charge in [-0.3, -0.25) is 9.80 Å². The number of fused-ring (bicyclic) bond motifs is 7. The smallest absolute Gasteiger partial charge is 0.410 e. The second-order valence-corrected chi connectivity index (χ2v) is 25.3. The number of nitrogens with zero attached hydrogens (tertiary/aromatic N) is 2. The number of ether oxygens (including phenoxy) is 7. The molecule has 0 aliphatic carbocycles. The molecule has 4 aromatic carbocycles. The number of carbonyl (C=O) groups is 1. The first-order valence-electron chi connectivity index (χ1n) is 21.0. The highest BCUT2D eigenvalue weighted by Crippen LogP contribution is 2.57. The molecule has 2 bridgehead atoms. The molecule has 4 aromatic rings. The number of hydrogen-bond donors (Lipinski definition) is 0. The molecule has 4 heterocycles. The van der Waals surface area contributed by atoms with Gasteiger partial charge in [-0.25, -0.2) is 4.79 Å². The summed E-state index contributed by atoms with van der Waals surface area (Å²) in [5.41, 5.74) is 6.45. The van der Waals surface area contributed by atoms with Crippen LogP contribution in [-0.2, 0) is 33.5 Å². The number of carbonyl (C=O) groups excluding carboxylic acids is 1. The van der Waals surface area contributed by atoms with E-state index in [1.54, 1.807) is 12.0 Å². The Bertz CT molecular complexity index is 2270. The van der Waals surface area contributed by atoms with Crippen LogP contribution in [0.2, 0.25) is 18.1 Å². The van der Waals surface area contributed by atoms with Gasteiger partial charge in [-0.1, -0.05) is 122 Å². The number of hydrogen-bond acceptors (Lipinski definition) is 10. The molecular formula is C47H55Cl3N2O9Si. The lowest BCUT2D eigenvalue weighted by molar-refractivity contribution is -0.136. The van der Waals surface area contributed by atoms with Crippen molar-refractivity contribution in [3.8, 4) is 28.7 Å². The van der Waals surface area contributed by atoms with E-state index < -0.39 is 49.2 Å². The fourth-order valence-corrected chi connectivity index (χ4v) is 10.1. The van der Waals surface area contributed by atoms with Crippen LogP contribution in [0, 0.1) is 13.8 Å². The van der Waals surface area contributed by atoms with Crippen molar-refractivity contribution in [2.24, 2.45) is 0 Å². The Morgan fingerprint density at radius 3 is 2.16 bits per heavy atom. The summed E-state index contributed by atoms with van der Waals surface area (Å²) in [7, 11) is -0.769. The number of piperazine rings is 1. The third kappa shape index (κ3) is 8.68. The van der Waals surface area contributed by atoms with Crippen molar-refractivity contribution in [3.05, 3.63) is 112 Å². The number of halogens is 3. The van der Waals surface area contributed by atoms with Gasteiger partial charge < -0.3 is 37.6 Å². The van der Waals surface area contributed by atoms with Crippen molar-refractivity contribution in [1.82, 2.24) is 9.80 Å². The highest BCUT2D eigenvalue weighted by Gasteiger charge is 2.60. The monoisotopic (exact) mass is 924 g/mol. The van der Waals surface area contributed by atoms with Gasteiger partial charge in [0.25, 0.3) is 0 Å². The van der Waals surface area contributed by atoms with Gasteiger partial charge >= 0.3 is 6.09 Å². The summed E-state index contributed by atoms with van der Waals surface area (Å²) in [6, 6.07) is 22.1. The zero-order chi connectivity index (χ0) is 44.1. The summed E-state index contributed by atoms with van der Waals surface area (Å²) < 4.78 is 50.1. The minimum absolute atomic E-state index is 0.0724. The van der Waals surface area contributed by atoms with E-state index in [4.69, 9.17) is 72.4 Å². The molecule has 0 saturated carbocycles. The molecule has 1 amide bonds. The molecule has 0 aromatic heterocycles. The molecule has 62 heavy (non-hydrogen) atoms. The third-order valence-electron chi connectivity index (χ3n) is 13.0. The van der Waals surface area contributed by atoms with Gasteiger partial charge in [-0.15, -0.1) is 0 Å². The van der Waals surface area contributed by atoms with Gasteiger partial charge in [-0.05, 0) is 66.7 Å². The highest BCUT2D eigenvalue weighted by molar-refractivity contribution is 6.74. The van der Waals surface area contributed by atoms with Crippen molar-refractivity contribution in [2.75, 3.05) is 33.7 Å².